The van der Waals surface area contributed by atoms with Gasteiger partial charge in [0.2, 0.25) is 5.95 Å². The molecule has 8 heteroatoms. The second-order valence-corrected chi connectivity index (χ2v) is 6.07. The summed E-state index contributed by atoms with van der Waals surface area (Å²) in [5.74, 6) is 0.276. The summed E-state index contributed by atoms with van der Waals surface area (Å²) in [5.41, 5.74) is 1.08. The number of fused-ring (bicyclic) bond motifs is 1. The maximum atomic E-state index is 12.6. The molecule has 0 radical (unpaired) electrons. The first-order valence-electron chi connectivity index (χ1n) is 8.12. The summed E-state index contributed by atoms with van der Waals surface area (Å²) in [6, 6.07) is 7.17. The van der Waals surface area contributed by atoms with Crippen molar-refractivity contribution in [2.45, 2.75) is 6.04 Å². The van der Waals surface area contributed by atoms with Crippen molar-refractivity contribution in [3.05, 3.63) is 54.7 Å². The average Bonchev–Trinajstić information content (AvgIpc) is 3.26. The number of carbonyl (C=O) groups is 1. The van der Waals surface area contributed by atoms with Crippen LogP contribution in [-0.4, -0.2) is 56.1 Å². The molecule has 3 aromatic rings. The lowest BCUT2D eigenvalue weighted by Crippen LogP contribution is -2.41. The monoisotopic (exact) mass is 338 g/mol. The fourth-order valence-corrected chi connectivity index (χ4v) is 3.12. The number of nitrogens with zero attached hydrogens (tertiary/aromatic N) is 5. The van der Waals surface area contributed by atoms with Crippen molar-refractivity contribution in [3.8, 4) is 0 Å². The maximum absolute atomic E-state index is 12.6. The Bertz CT molecular complexity index is 848. The number of amides is 1. The summed E-state index contributed by atoms with van der Waals surface area (Å²) in [4.78, 5) is 27.3. The molecule has 1 fully saturated rings. The zero-order valence-corrected chi connectivity index (χ0v) is 13.5. The number of nitrogens with one attached hydrogen (secondary N) is 1. The van der Waals surface area contributed by atoms with Gasteiger partial charge in [-0.05, 0) is 18.2 Å². The third-order valence-electron chi connectivity index (χ3n) is 4.42. The topological polar surface area (TPSA) is 95.7 Å². The number of anilines is 1. The van der Waals surface area contributed by atoms with E-state index in [1.807, 2.05) is 29.3 Å². The van der Waals surface area contributed by atoms with E-state index in [0.29, 0.717) is 24.7 Å². The Morgan fingerprint density at radius 2 is 2.08 bits per heavy atom. The highest BCUT2D eigenvalue weighted by molar-refractivity contribution is 5.93. The van der Waals surface area contributed by atoms with Crippen LogP contribution in [0.1, 0.15) is 10.5 Å². The van der Waals surface area contributed by atoms with Crippen LogP contribution in [0.25, 0.3) is 5.65 Å². The molecule has 0 aromatic carbocycles. The fourth-order valence-electron chi connectivity index (χ4n) is 3.12. The average molecular weight is 338 g/mol. The molecule has 0 spiro atoms. The van der Waals surface area contributed by atoms with E-state index in [1.54, 1.807) is 29.1 Å². The minimum atomic E-state index is -0.247. The molecule has 2 atom stereocenters. The van der Waals surface area contributed by atoms with Crippen LogP contribution >= 0.6 is 0 Å². The maximum Gasteiger partial charge on any atom is 0.271 e. The second-order valence-electron chi connectivity index (χ2n) is 6.07. The molecule has 1 aliphatic rings. The first-order chi connectivity index (χ1) is 12.2. The second kappa shape index (κ2) is 6.48. The molecule has 0 unspecified atom stereocenters. The first-order valence-corrected chi connectivity index (χ1v) is 8.12. The third-order valence-corrected chi connectivity index (χ3v) is 4.42. The number of aliphatic hydroxyl groups is 1. The minimum Gasteiger partial charge on any atom is -0.396 e. The number of hydrogen-bond donors (Lipinski definition) is 2. The molecule has 4 rings (SSSR count). The third kappa shape index (κ3) is 3.03. The van der Waals surface area contributed by atoms with Crippen molar-refractivity contribution in [1.82, 2.24) is 24.7 Å². The van der Waals surface area contributed by atoms with Gasteiger partial charge in [0.25, 0.3) is 5.91 Å². The molecule has 0 saturated carbocycles. The standard InChI is InChI=1S/C17H18N6O2/c24-11-12-8-23(17-18-5-3-6-19-17)9-13(12)21-16(25)14-10-22-7-2-1-4-15(22)20-14/h1-7,10,12-13,24H,8-9,11H2,(H,21,25)/t12-,13+/m0/s1. The van der Waals surface area contributed by atoms with E-state index in [1.165, 1.54) is 0 Å². The zero-order valence-electron chi connectivity index (χ0n) is 13.5. The lowest BCUT2D eigenvalue weighted by atomic mass is 10.1. The van der Waals surface area contributed by atoms with E-state index in [4.69, 9.17) is 0 Å². The van der Waals surface area contributed by atoms with Crippen LogP contribution in [0.3, 0.4) is 0 Å². The molecule has 1 aliphatic heterocycles. The van der Waals surface area contributed by atoms with Crippen molar-refractivity contribution < 1.29 is 9.90 Å². The zero-order chi connectivity index (χ0) is 17.2. The Kier molecular flexibility index (Phi) is 4.02. The van der Waals surface area contributed by atoms with E-state index >= 15 is 0 Å². The summed E-state index contributed by atoms with van der Waals surface area (Å²) in [6.07, 6.45) is 6.91. The lowest BCUT2D eigenvalue weighted by molar-refractivity contribution is 0.0917. The summed E-state index contributed by atoms with van der Waals surface area (Å²) >= 11 is 0. The number of aromatic nitrogens is 4. The Morgan fingerprint density at radius 1 is 1.24 bits per heavy atom. The van der Waals surface area contributed by atoms with Crippen molar-refractivity contribution in [2.24, 2.45) is 5.92 Å². The van der Waals surface area contributed by atoms with Gasteiger partial charge in [0, 0.05) is 50.4 Å². The molecule has 2 N–H and O–H groups in total. The highest BCUT2D eigenvalue weighted by Crippen LogP contribution is 2.21. The Hall–Kier alpha value is -3.00. The quantitative estimate of drug-likeness (QED) is 0.713. The molecule has 0 aliphatic carbocycles. The van der Waals surface area contributed by atoms with Gasteiger partial charge in [-0.2, -0.15) is 0 Å². The van der Waals surface area contributed by atoms with Gasteiger partial charge >= 0.3 is 0 Å². The Balaban J connectivity index is 1.49. The number of carbonyl (C=O) groups excluding carboxylic acids is 1. The molecule has 0 bridgehead atoms. The van der Waals surface area contributed by atoms with Crippen LogP contribution in [0.15, 0.2) is 49.1 Å². The Labute approximate surface area is 144 Å². The van der Waals surface area contributed by atoms with Crippen LogP contribution < -0.4 is 10.2 Å². The molecular formula is C17H18N6O2. The van der Waals surface area contributed by atoms with E-state index < -0.39 is 0 Å². The number of rotatable bonds is 4. The van der Waals surface area contributed by atoms with E-state index in [9.17, 15) is 9.90 Å². The van der Waals surface area contributed by atoms with Crippen molar-refractivity contribution in [1.29, 1.82) is 0 Å². The van der Waals surface area contributed by atoms with Gasteiger partial charge in [-0.3, -0.25) is 4.79 Å². The van der Waals surface area contributed by atoms with Crippen LogP contribution in [0.4, 0.5) is 5.95 Å². The number of hydrogen-bond acceptors (Lipinski definition) is 6. The Morgan fingerprint density at radius 3 is 2.84 bits per heavy atom. The number of aliphatic hydroxyl groups excluding tert-OH is 1. The van der Waals surface area contributed by atoms with Gasteiger partial charge < -0.3 is 19.7 Å². The predicted octanol–water partition coefficient (Wildman–Crippen LogP) is 0.351. The first kappa shape index (κ1) is 15.5. The highest BCUT2D eigenvalue weighted by atomic mass is 16.3. The van der Waals surface area contributed by atoms with E-state index in [0.717, 1.165) is 5.65 Å². The summed E-state index contributed by atoms with van der Waals surface area (Å²) < 4.78 is 1.80. The smallest absolute Gasteiger partial charge is 0.271 e. The number of pyridine rings is 1. The molecule has 128 valence electrons. The molecule has 1 amide bonds. The molecule has 8 nitrogen and oxygen atoms in total. The van der Waals surface area contributed by atoms with Crippen molar-refractivity contribution in [2.75, 3.05) is 24.6 Å². The number of imidazole rings is 1. The molecule has 3 aromatic heterocycles. The van der Waals surface area contributed by atoms with Gasteiger partial charge in [0.1, 0.15) is 11.3 Å². The van der Waals surface area contributed by atoms with Crippen LogP contribution in [0.5, 0.6) is 0 Å². The highest BCUT2D eigenvalue weighted by Gasteiger charge is 2.35. The predicted molar refractivity (Wildman–Crippen MR) is 91.3 cm³/mol. The molecule has 25 heavy (non-hydrogen) atoms. The molecule has 1 saturated heterocycles. The molecule has 4 heterocycles. The summed E-state index contributed by atoms with van der Waals surface area (Å²) in [6.45, 7) is 1.13. The van der Waals surface area contributed by atoms with Gasteiger partial charge in [0.05, 0.1) is 6.04 Å². The van der Waals surface area contributed by atoms with Crippen molar-refractivity contribution >= 4 is 17.5 Å². The molecular weight excluding hydrogens is 320 g/mol. The van der Waals surface area contributed by atoms with Crippen LogP contribution in [0, 0.1) is 5.92 Å². The summed E-state index contributed by atoms with van der Waals surface area (Å²) in [7, 11) is 0. The van der Waals surface area contributed by atoms with Crippen LogP contribution in [0.2, 0.25) is 0 Å². The minimum absolute atomic E-state index is 0.0144. The van der Waals surface area contributed by atoms with Gasteiger partial charge in [0.15, 0.2) is 0 Å². The van der Waals surface area contributed by atoms with E-state index in [2.05, 4.69) is 20.3 Å². The largest absolute Gasteiger partial charge is 0.396 e. The SMILES string of the molecule is O=C(N[C@@H]1CN(c2ncccn2)C[C@H]1CO)c1cn2ccccc2n1. The lowest BCUT2D eigenvalue weighted by Gasteiger charge is -2.17. The van der Waals surface area contributed by atoms with Crippen molar-refractivity contribution in [3.63, 3.8) is 0 Å². The van der Waals surface area contributed by atoms with E-state index in [-0.39, 0.29) is 24.5 Å². The summed E-state index contributed by atoms with van der Waals surface area (Å²) in [5, 5.41) is 12.6. The van der Waals surface area contributed by atoms with Gasteiger partial charge in [-0.15, -0.1) is 0 Å². The fraction of sp³-hybridized carbons (Fsp3) is 0.294. The van der Waals surface area contributed by atoms with Gasteiger partial charge in [-0.1, -0.05) is 6.07 Å². The van der Waals surface area contributed by atoms with Crippen LogP contribution in [-0.2, 0) is 0 Å². The van der Waals surface area contributed by atoms with Gasteiger partial charge in [-0.25, -0.2) is 15.0 Å². The normalized spacial score (nSPS) is 20.1.